The van der Waals surface area contributed by atoms with E-state index in [1.807, 2.05) is 36.4 Å². The van der Waals surface area contributed by atoms with Crippen LogP contribution in [-0.4, -0.2) is 21.0 Å². The smallest absolute Gasteiger partial charge is 0.291 e. The van der Waals surface area contributed by atoms with Crippen molar-refractivity contribution in [1.82, 2.24) is 15.1 Å². The van der Waals surface area contributed by atoms with Gasteiger partial charge in [0.15, 0.2) is 5.76 Å². The largest absolute Gasteiger partial charge is 0.459 e. The van der Waals surface area contributed by atoms with E-state index in [4.69, 9.17) is 8.94 Å². The summed E-state index contributed by atoms with van der Waals surface area (Å²) in [4.78, 5) is 20.6. The highest BCUT2D eigenvalue weighted by Crippen LogP contribution is 2.21. The van der Waals surface area contributed by atoms with Gasteiger partial charge in [-0.25, -0.2) is 0 Å². The minimum atomic E-state index is -0.314. The van der Waals surface area contributed by atoms with Gasteiger partial charge in [-0.1, -0.05) is 23.4 Å². The molecular formula is C19H14N4O3. The van der Waals surface area contributed by atoms with Crippen molar-refractivity contribution in [2.45, 2.75) is 6.42 Å². The zero-order chi connectivity index (χ0) is 17.8. The molecule has 0 aliphatic carbocycles. The third kappa shape index (κ3) is 3.36. The molecule has 1 N–H and O–H groups in total. The van der Waals surface area contributed by atoms with Gasteiger partial charge in [-0.05, 0) is 35.9 Å². The number of anilines is 1. The second kappa shape index (κ2) is 7.02. The molecule has 7 heteroatoms. The molecule has 0 saturated heterocycles. The monoisotopic (exact) mass is 346 g/mol. The third-order valence-electron chi connectivity index (χ3n) is 3.76. The predicted molar refractivity (Wildman–Crippen MR) is 93.4 cm³/mol. The Morgan fingerprint density at radius 3 is 2.69 bits per heavy atom. The molecule has 0 aliphatic rings. The van der Waals surface area contributed by atoms with Gasteiger partial charge in [-0.15, -0.1) is 0 Å². The van der Waals surface area contributed by atoms with Crippen molar-refractivity contribution in [2.24, 2.45) is 0 Å². The van der Waals surface area contributed by atoms with Crippen molar-refractivity contribution in [2.75, 3.05) is 5.32 Å². The summed E-state index contributed by atoms with van der Waals surface area (Å²) in [6.45, 7) is 0. The molecule has 3 aromatic heterocycles. The van der Waals surface area contributed by atoms with Crippen LogP contribution in [0.15, 0.2) is 76.1 Å². The Labute approximate surface area is 148 Å². The molecule has 0 saturated carbocycles. The van der Waals surface area contributed by atoms with E-state index in [1.54, 1.807) is 24.5 Å². The number of carbonyl (C=O) groups is 1. The fraction of sp³-hybridized carbons (Fsp3) is 0.0526. The molecule has 0 atom stereocenters. The van der Waals surface area contributed by atoms with Crippen molar-refractivity contribution in [3.63, 3.8) is 0 Å². The summed E-state index contributed by atoms with van der Waals surface area (Å²) >= 11 is 0. The van der Waals surface area contributed by atoms with Crippen molar-refractivity contribution < 1.29 is 13.7 Å². The van der Waals surface area contributed by atoms with Crippen molar-refractivity contribution in [3.05, 3.63) is 84.4 Å². The van der Waals surface area contributed by atoms with Crippen molar-refractivity contribution >= 4 is 11.6 Å². The lowest BCUT2D eigenvalue weighted by atomic mass is 10.1. The van der Waals surface area contributed by atoms with Crippen LogP contribution in [-0.2, 0) is 6.42 Å². The van der Waals surface area contributed by atoms with Crippen LogP contribution < -0.4 is 5.32 Å². The van der Waals surface area contributed by atoms with E-state index in [9.17, 15) is 4.79 Å². The summed E-state index contributed by atoms with van der Waals surface area (Å²) in [7, 11) is 0. The average Bonchev–Trinajstić information content (AvgIpc) is 3.36. The molecule has 7 nitrogen and oxygen atoms in total. The van der Waals surface area contributed by atoms with Gasteiger partial charge in [0.25, 0.3) is 5.91 Å². The number of carbonyl (C=O) groups excluding carboxylic acids is 1. The minimum Gasteiger partial charge on any atom is -0.459 e. The molecule has 4 aromatic rings. The zero-order valence-electron chi connectivity index (χ0n) is 13.6. The number of furan rings is 1. The Morgan fingerprint density at radius 1 is 1.04 bits per heavy atom. The average molecular weight is 346 g/mol. The van der Waals surface area contributed by atoms with E-state index >= 15 is 0 Å². The van der Waals surface area contributed by atoms with Crippen LogP contribution in [0.2, 0.25) is 0 Å². The predicted octanol–water partition coefficient (Wildman–Crippen LogP) is 3.57. The van der Waals surface area contributed by atoms with E-state index in [-0.39, 0.29) is 11.7 Å². The first-order chi connectivity index (χ1) is 12.8. The number of benzene rings is 1. The normalized spacial score (nSPS) is 10.6. The van der Waals surface area contributed by atoms with Crippen molar-refractivity contribution in [1.29, 1.82) is 0 Å². The molecule has 128 valence electrons. The molecule has 0 bridgehead atoms. The maximum Gasteiger partial charge on any atom is 0.291 e. The Kier molecular flexibility index (Phi) is 4.26. The Balaban J connectivity index is 1.54. The summed E-state index contributed by atoms with van der Waals surface area (Å²) in [6.07, 6.45) is 5.20. The lowest BCUT2D eigenvalue weighted by Gasteiger charge is -2.08. The number of amides is 1. The highest BCUT2D eigenvalue weighted by atomic mass is 16.5. The van der Waals surface area contributed by atoms with E-state index in [0.29, 0.717) is 23.8 Å². The van der Waals surface area contributed by atoms with Crippen LogP contribution in [0.25, 0.3) is 11.4 Å². The van der Waals surface area contributed by atoms with Gasteiger partial charge < -0.3 is 14.3 Å². The molecular weight excluding hydrogens is 332 g/mol. The van der Waals surface area contributed by atoms with Gasteiger partial charge in [0.2, 0.25) is 11.7 Å². The van der Waals surface area contributed by atoms with Gasteiger partial charge in [0, 0.05) is 23.6 Å². The topological polar surface area (TPSA) is 94.1 Å². The number of rotatable bonds is 5. The molecule has 1 amide bonds. The highest BCUT2D eigenvalue weighted by Gasteiger charge is 2.14. The lowest BCUT2D eigenvalue weighted by Crippen LogP contribution is -2.12. The summed E-state index contributed by atoms with van der Waals surface area (Å²) in [5, 5.41) is 6.84. The van der Waals surface area contributed by atoms with E-state index in [0.717, 1.165) is 11.1 Å². The molecule has 0 unspecified atom stereocenters. The number of pyridine rings is 1. The van der Waals surface area contributed by atoms with Crippen LogP contribution in [0.4, 0.5) is 5.69 Å². The van der Waals surface area contributed by atoms with Crippen LogP contribution >= 0.6 is 0 Å². The number of para-hydroxylation sites is 1. The second-order valence-corrected chi connectivity index (χ2v) is 5.51. The number of nitrogens with one attached hydrogen (secondary N) is 1. The summed E-state index contributed by atoms with van der Waals surface area (Å²) < 4.78 is 10.5. The molecule has 0 aliphatic heterocycles. The molecule has 0 spiro atoms. The second-order valence-electron chi connectivity index (χ2n) is 5.51. The van der Waals surface area contributed by atoms with E-state index < -0.39 is 0 Å². The molecule has 0 radical (unpaired) electrons. The Morgan fingerprint density at radius 2 is 1.88 bits per heavy atom. The molecule has 3 heterocycles. The van der Waals surface area contributed by atoms with Crippen LogP contribution in [0.3, 0.4) is 0 Å². The first-order valence-electron chi connectivity index (χ1n) is 7.95. The number of hydrogen-bond acceptors (Lipinski definition) is 6. The van der Waals surface area contributed by atoms with Gasteiger partial charge in [-0.2, -0.15) is 4.98 Å². The van der Waals surface area contributed by atoms with Gasteiger partial charge >= 0.3 is 0 Å². The highest BCUT2D eigenvalue weighted by molar-refractivity contribution is 6.02. The molecule has 1 aromatic carbocycles. The first kappa shape index (κ1) is 15.8. The Bertz CT molecular complexity index is 1010. The number of hydrogen-bond donors (Lipinski definition) is 1. The summed E-state index contributed by atoms with van der Waals surface area (Å²) in [5.41, 5.74) is 2.35. The maximum atomic E-state index is 12.2. The maximum absolute atomic E-state index is 12.2. The number of nitrogens with zero attached hydrogens (tertiary/aromatic N) is 3. The van der Waals surface area contributed by atoms with Crippen LogP contribution in [0, 0.1) is 0 Å². The standard InChI is InChI=1S/C19H14N4O3/c24-19(16-6-3-11-25-16)21-15-5-2-1-4-14(15)12-17-22-18(23-26-17)13-7-9-20-10-8-13/h1-11H,12H2,(H,21,24). The van der Waals surface area contributed by atoms with Gasteiger partial charge in [0.1, 0.15) is 0 Å². The van der Waals surface area contributed by atoms with Crippen LogP contribution in [0.5, 0.6) is 0 Å². The fourth-order valence-electron chi connectivity index (χ4n) is 2.50. The van der Waals surface area contributed by atoms with Crippen LogP contribution in [0.1, 0.15) is 22.0 Å². The number of aromatic nitrogens is 3. The Hall–Kier alpha value is -3.74. The molecule has 26 heavy (non-hydrogen) atoms. The SMILES string of the molecule is O=C(Nc1ccccc1Cc1nc(-c2ccncc2)no1)c1ccco1. The van der Waals surface area contributed by atoms with E-state index in [2.05, 4.69) is 20.4 Å². The molecule has 0 fully saturated rings. The van der Waals surface area contributed by atoms with Crippen molar-refractivity contribution in [3.8, 4) is 11.4 Å². The third-order valence-corrected chi connectivity index (χ3v) is 3.76. The lowest BCUT2D eigenvalue weighted by molar-refractivity contribution is 0.0996. The van der Waals surface area contributed by atoms with Gasteiger partial charge in [0.05, 0.1) is 12.7 Å². The molecule has 4 rings (SSSR count). The quantitative estimate of drug-likeness (QED) is 0.594. The minimum absolute atomic E-state index is 0.248. The summed E-state index contributed by atoms with van der Waals surface area (Å²) in [6, 6.07) is 14.3. The fourth-order valence-corrected chi connectivity index (χ4v) is 2.50. The summed E-state index contributed by atoms with van der Waals surface area (Å²) in [5.74, 6) is 0.888. The van der Waals surface area contributed by atoms with Gasteiger partial charge in [-0.3, -0.25) is 9.78 Å². The first-order valence-corrected chi connectivity index (χ1v) is 7.95. The van der Waals surface area contributed by atoms with E-state index in [1.165, 1.54) is 6.26 Å². The zero-order valence-corrected chi connectivity index (χ0v) is 13.6.